The number of thioether (sulfide) groups is 1. The fourth-order valence-electron chi connectivity index (χ4n) is 8.57. The van der Waals surface area contributed by atoms with Gasteiger partial charge in [-0.15, -0.1) is 0 Å². The number of phenolic OH excluding ortho intramolecular Hbond substituents is 1. The average Bonchev–Trinajstić information content (AvgIpc) is 3.76. The number of ether oxygens (including phenoxy) is 1. The number of hydrogen-bond donors (Lipinski definition) is 1. The number of aromatic hydroxyl groups is 1. The molecule has 236 valence electrons. The SMILES string of the molecule is CCc1c(F)ccc2cc(O)cc(-c3ncc4c(N5CCCC6(CCSC6)C5)nc(OCC56CCCN5CCC6)nc4c3F)c12. The molecule has 0 aliphatic carbocycles. The van der Waals surface area contributed by atoms with E-state index in [0.29, 0.717) is 46.1 Å². The molecular weight excluding hydrogens is 592 g/mol. The Bertz CT molecular complexity index is 1790. The van der Waals surface area contributed by atoms with Gasteiger partial charge in [-0.2, -0.15) is 21.7 Å². The Kier molecular flexibility index (Phi) is 7.28. The van der Waals surface area contributed by atoms with Crippen molar-refractivity contribution in [3.8, 4) is 23.0 Å². The van der Waals surface area contributed by atoms with Crippen LogP contribution in [0.3, 0.4) is 0 Å². The molecule has 0 amide bonds. The van der Waals surface area contributed by atoms with Crippen molar-refractivity contribution in [1.82, 2.24) is 19.9 Å². The van der Waals surface area contributed by atoms with Crippen LogP contribution in [0, 0.1) is 17.0 Å². The molecule has 0 saturated carbocycles. The zero-order valence-electron chi connectivity index (χ0n) is 25.7. The zero-order chi connectivity index (χ0) is 30.8. The van der Waals surface area contributed by atoms with Gasteiger partial charge in [0.15, 0.2) is 5.82 Å². The Morgan fingerprint density at radius 2 is 1.84 bits per heavy atom. The van der Waals surface area contributed by atoms with E-state index in [1.54, 1.807) is 18.3 Å². The molecular formula is C35H39F2N5O2S. The van der Waals surface area contributed by atoms with Crippen molar-refractivity contribution in [1.29, 1.82) is 0 Å². The lowest BCUT2D eigenvalue weighted by atomic mass is 9.79. The first-order chi connectivity index (χ1) is 21.9. The van der Waals surface area contributed by atoms with Crippen LogP contribution in [0.15, 0.2) is 30.5 Å². The number of hydrogen-bond acceptors (Lipinski definition) is 8. The average molecular weight is 632 g/mol. The summed E-state index contributed by atoms with van der Waals surface area (Å²) >= 11 is 2.01. The summed E-state index contributed by atoms with van der Waals surface area (Å²) in [4.78, 5) is 19.1. The molecule has 1 spiro atoms. The summed E-state index contributed by atoms with van der Waals surface area (Å²) < 4.78 is 38.3. The lowest BCUT2D eigenvalue weighted by Gasteiger charge is -2.41. The minimum absolute atomic E-state index is 0.00219. The summed E-state index contributed by atoms with van der Waals surface area (Å²) in [6.07, 6.45) is 9.96. The number of piperidine rings is 1. The predicted molar refractivity (Wildman–Crippen MR) is 175 cm³/mol. The van der Waals surface area contributed by atoms with Crippen LogP contribution in [-0.4, -0.2) is 74.8 Å². The van der Waals surface area contributed by atoms with E-state index in [1.807, 2.05) is 18.7 Å². The van der Waals surface area contributed by atoms with Crippen molar-refractivity contribution in [2.45, 2.75) is 63.8 Å². The fraction of sp³-hybridized carbons (Fsp3) is 0.514. The molecule has 7 nitrogen and oxygen atoms in total. The van der Waals surface area contributed by atoms with Crippen molar-refractivity contribution in [3.63, 3.8) is 0 Å². The Morgan fingerprint density at radius 3 is 2.62 bits per heavy atom. The second kappa shape index (κ2) is 11.2. The van der Waals surface area contributed by atoms with E-state index in [2.05, 4.69) is 14.8 Å². The molecule has 1 atom stereocenters. The second-order valence-corrected chi connectivity index (χ2v) is 14.6. The molecule has 4 aromatic rings. The van der Waals surface area contributed by atoms with Crippen LogP contribution in [0.25, 0.3) is 32.9 Å². The minimum Gasteiger partial charge on any atom is -0.508 e. The second-order valence-electron chi connectivity index (χ2n) is 13.5. The van der Waals surface area contributed by atoms with Gasteiger partial charge in [0.05, 0.1) is 10.9 Å². The van der Waals surface area contributed by atoms with Crippen LogP contribution < -0.4 is 9.64 Å². The van der Waals surface area contributed by atoms with Gasteiger partial charge < -0.3 is 14.7 Å². The molecule has 2 aromatic carbocycles. The van der Waals surface area contributed by atoms with Crippen molar-refractivity contribution >= 4 is 39.3 Å². The number of benzene rings is 2. The lowest BCUT2D eigenvalue weighted by Crippen LogP contribution is -2.44. The summed E-state index contributed by atoms with van der Waals surface area (Å²) in [5.74, 6) is 1.94. The monoisotopic (exact) mass is 631 g/mol. The van der Waals surface area contributed by atoms with Crippen molar-refractivity contribution in [3.05, 3.63) is 47.7 Å². The number of pyridine rings is 1. The van der Waals surface area contributed by atoms with Gasteiger partial charge in [-0.25, -0.2) is 8.78 Å². The summed E-state index contributed by atoms with van der Waals surface area (Å²) in [6.45, 7) is 6.21. The van der Waals surface area contributed by atoms with Crippen molar-refractivity contribution in [2.24, 2.45) is 5.41 Å². The third kappa shape index (κ3) is 4.90. The normalized spacial score (nSPS) is 23.0. The third-order valence-corrected chi connectivity index (χ3v) is 12.1. The van der Waals surface area contributed by atoms with E-state index in [4.69, 9.17) is 14.7 Å². The van der Waals surface area contributed by atoms with Crippen LogP contribution in [0.2, 0.25) is 0 Å². The Labute approximate surface area is 266 Å². The molecule has 6 heterocycles. The minimum atomic E-state index is -0.621. The molecule has 8 rings (SSSR count). The maximum absolute atomic E-state index is 16.9. The van der Waals surface area contributed by atoms with E-state index in [1.165, 1.54) is 30.7 Å². The number of halogens is 2. The largest absolute Gasteiger partial charge is 0.508 e. The summed E-state index contributed by atoms with van der Waals surface area (Å²) in [7, 11) is 0. The molecule has 1 unspecified atom stereocenters. The lowest BCUT2D eigenvalue weighted by molar-refractivity contribution is 0.108. The Hall–Kier alpha value is -3.24. The zero-order valence-corrected chi connectivity index (χ0v) is 26.6. The highest BCUT2D eigenvalue weighted by Gasteiger charge is 2.45. The van der Waals surface area contributed by atoms with E-state index >= 15 is 4.39 Å². The van der Waals surface area contributed by atoms with Crippen LogP contribution >= 0.6 is 11.8 Å². The van der Waals surface area contributed by atoms with Crippen LogP contribution in [0.4, 0.5) is 14.6 Å². The molecule has 4 fully saturated rings. The van der Waals surface area contributed by atoms with Gasteiger partial charge in [-0.1, -0.05) is 13.0 Å². The molecule has 45 heavy (non-hydrogen) atoms. The summed E-state index contributed by atoms with van der Waals surface area (Å²) in [5, 5.41) is 12.3. The molecule has 4 saturated heterocycles. The van der Waals surface area contributed by atoms with Gasteiger partial charge >= 0.3 is 6.01 Å². The smallest absolute Gasteiger partial charge is 0.319 e. The van der Waals surface area contributed by atoms with Crippen molar-refractivity contribution < 1.29 is 18.6 Å². The van der Waals surface area contributed by atoms with Crippen LogP contribution in [0.5, 0.6) is 11.8 Å². The van der Waals surface area contributed by atoms with E-state index in [0.717, 1.165) is 64.0 Å². The molecule has 4 aliphatic rings. The first kappa shape index (κ1) is 29.2. The van der Waals surface area contributed by atoms with Crippen LogP contribution in [-0.2, 0) is 6.42 Å². The highest BCUT2D eigenvalue weighted by Crippen LogP contribution is 2.45. The standard InChI is InChI=1S/C35H39F2N5O2S/c1-2-24-27(36)7-6-22-16-23(43)17-25(28(22)24)30-29(37)31-26(18-38-30)32(41-12-3-8-34(19-41)11-15-45-21-34)40-33(39-31)44-20-35-9-4-13-42(35)14-5-10-35/h6-7,16-18,43H,2-5,8-15,19-21H2,1H3. The fourth-order valence-corrected chi connectivity index (χ4v) is 10.1. The number of phenols is 1. The maximum atomic E-state index is 16.9. The number of rotatable bonds is 6. The molecule has 0 bridgehead atoms. The number of anilines is 1. The van der Waals surface area contributed by atoms with Crippen LogP contribution in [0.1, 0.15) is 57.4 Å². The number of aryl methyl sites for hydroxylation is 1. The molecule has 10 heteroatoms. The maximum Gasteiger partial charge on any atom is 0.319 e. The highest BCUT2D eigenvalue weighted by atomic mass is 32.2. The summed E-state index contributed by atoms with van der Waals surface area (Å²) in [6, 6.07) is 6.23. The first-order valence-corrected chi connectivity index (χ1v) is 17.6. The molecule has 0 radical (unpaired) electrons. The number of nitrogens with zero attached hydrogens (tertiary/aromatic N) is 5. The highest BCUT2D eigenvalue weighted by molar-refractivity contribution is 7.99. The molecule has 1 N–H and O–H groups in total. The van der Waals surface area contributed by atoms with E-state index in [9.17, 15) is 9.50 Å². The van der Waals surface area contributed by atoms with Gasteiger partial charge in [0, 0.05) is 30.6 Å². The van der Waals surface area contributed by atoms with Crippen molar-refractivity contribution in [2.75, 3.05) is 49.2 Å². The van der Waals surface area contributed by atoms with Gasteiger partial charge in [-0.3, -0.25) is 9.88 Å². The van der Waals surface area contributed by atoms with E-state index < -0.39 is 5.82 Å². The Balaban J connectivity index is 1.27. The van der Waals surface area contributed by atoms with Gasteiger partial charge in [0.2, 0.25) is 0 Å². The molecule has 2 aromatic heterocycles. The van der Waals surface area contributed by atoms with Gasteiger partial charge in [-0.05, 0) is 110 Å². The topological polar surface area (TPSA) is 74.6 Å². The Morgan fingerprint density at radius 1 is 1.02 bits per heavy atom. The van der Waals surface area contributed by atoms with Gasteiger partial charge in [0.25, 0.3) is 0 Å². The number of fused-ring (bicyclic) bond motifs is 3. The predicted octanol–water partition coefficient (Wildman–Crippen LogP) is 7.12. The van der Waals surface area contributed by atoms with E-state index in [-0.39, 0.29) is 39.7 Å². The molecule has 4 aliphatic heterocycles. The first-order valence-electron chi connectivity index (χ1n) is 16.4. The summed E-state index contributed by atoms with van der Waals surface area (Å²) in [5.41, 5.74) is 1.20. The van der Waals surface area contributed by atoms with Gasteiger partial charge in [0.1, 0.15) is 35.2 Å². The quantitative estimate of drug-likeness (QED) is 0.241. The number of aromatic nitrogens is 3. The third-order valence-electron chi connectivity index (χ3n) is 10.8.